The lowest BCUT2D eigenvalue weighted by Gasteiger charge is -2.12. The Kier molecular flexibility index (Phi) is 4.49. The van der Waals surface area contributed by atoms with E-state index in [0.717, 1.165) is 0 Å². The van der Waals surface area contributed by atoms with Crippen LogP contribution < -0.4 is 10.9 Å². The maximum absolute atomic E-state index is 12.5. The summed E-state index contributed by atoms with van der Waals surface area (Å²) < 4.78 is 1.43. The van der Waals surface area contributed by atoms with Gasteiger partial charge in [0.1, 0.15) is 4.83 Å². The molecule has 2 aromatic heterocycles. The molecule has 6 heteroatoms. The fourth-order valence-electron chi connectivity index (χ4n) is 2.65. The van der Waals surface area contributed by atoms with Crippen LogP contribution in [0, 0.1) is 6.92 Å². The van der Waals surface area contributed by atoms with Crippen LogP contribution in [0.5, 0.6) is 0 Å². The number of nitrogens with one attached hydrogen (secondary N) is 1. The van der Waals surface area contributed by atoms with Crippen LogP contribution in [0.25, 0.3) is 10.2 Å². The van der Waals surface area contributed by atoms with Crippen molar-refractivity contribution in [2.24, 2.45) is 7.05 Å². The number of rotatable bonds is 4. The highest BCUT2D eigenvalue weighted by atomic mass is 32.1. The monoisotopic (exact) mass is 341 g/mol. The minimum absolute atomic E-state index is 0.120. The molecule has 0 bridgehead atoms. The number of hydrogen-bond acceptors (Lipinski definition) is 4. The van der Waals surface area contributed by atoms with Gasteiger partial charge in [0.15, 0.2) is 0 Å². The number of aromatic nitrogens is 2. The summed E-state index contributed by atoms with van der Waals surface area (Å²) in [6, 6.07) is 10.1. The second kappa shape index (κ2) is 6.57. The molecule has 0 fully saturated rings. The van der Waals surface area contributed by atoms with Crippen molar-refractivity contribution in [2.75, 3.05) is 6.54 Å². The molecule has 0 aliphatic heterocycles. The van der Waals surface area contributed by atoms with Gasteiger partial charge in [-0.1, -0.05) is 37.3 Å². The largest absolute Gasteiger partial charge is 0.351 e. The van der Waals surface area contributed by atoms with Crippen LogP contribution in [0.2, 0.25) is 0 Å². The second-order valence-corrected chi connectivity index (χ2v) is 6.92. The van der Waals surface area contributed by atoms with Crippen LogP contribution in [-0.2, 0) is 7.05 Å². The van der Waals surface area contributed by atoms with Gasteiger partial charge in [-0.2, -0.15) is 0 Å². The van der Waals surface area contributed by atoms with E-state index in [0.29, 0.717) is 27.2 Å². The summed E-state index contributed by atoms with van der Waals surface area (Å²) in [5, 5.41) is 3.50. The Hall–Kier alpha value is -2.47. The van der Waals surface area contributed by atoms with Crippen LogP contribution in [0.1, 0.15) is 33.6 Å². The van der Waals surface area contributed by atoms with Gasteiger partial charge in [-0.3, -0.25) is 9.59 Å². The maximum atomic E-state index is 12.5. The van der Waals surface area contributed by atoms with Gasteiger partial charge in [0.25, 0.3) is 11.5 Å². The highest BCUT2D eigenvalue weighted by Crippen LogP contribution is 2.26. The predicted octanol–water partition coefficient (Wildman–Crippen LogP) is 2.84. The van der Waals surface area contributed by atoms with Gasteiger partial charge in [0.2, 0.25) is 0 Å². The summed E-state index contributed by atoms with van der Waals surface area (Å²) in [6.07, 6.45) is 1.49. The third-order valence-electron chi connectivity index (χ3n) is 4.15. The molecule has 0 saturated carbocycles. The van der Waals surface area contributed by atoms with E-state index >= 15 is 0 Å². The topological polar surface area (TPSA) is 64.0 Å². The molecule has 0 spiro atoms. The second-order valence-electron chi connectivity index (χ2n) is 5.92. The molecule has 24 heavy (non-hydrogen) atoms. The molecule has 1 amide bonds. The quantitative estimate of drug-likeness (QED) is 0.794. The molecule has 124 valence electrons. The SMILES string of the molecule is Cc1c(C(=O)NC[C@H](C)c2ccccc2)sc2ncn(C)c(=O)c12. The Morgan fingerprint density at radius 3 is 2.75 bits per heavy atom. The van der Waals surface area contributed by atoms with Crippen molar-refractivity contribution in [1.82, 2.24) is 14.9 Å². The van der Waals surface area contributed by atoms with Crippen molar-refractivity contribution in [2.45, 2.75) is 19.8 Å². The van der Waals surface area contributed by atoms with Gasteiger partial charge in [-0.15, -0.1) is 11.3 Å². The standard InChI is InChI=1S/C18H19N3O2S/c1-11(13-7-5-4-6-8-13)9-19-16(22)15-12(2)14-17(24-15)20-10-21(3)18(14)23/h4-8,10-11H,9H2,1-3H3,(H,19,22)/t11-/m0/s1. The normalized spacial score (nSPS) is 12.3. The molecule has 1 aromatic carbocycles. The van der Waals surface area contributed by atoms with Crippen LogP contribution in [0.3, 0.4) is 0 Å². The highest BCUT2D eigenvalue weighted by Gasteiger charge is 2.19. The Morgan fingerprint density at radius 2 is 2.04 bits per heavy atom. The lowest BCUT2D eigenvalue weighted by molar-refractivity contribution is 0.0955. The minimum Gasteiger partial charge on any atom is -0.351 e. The first-order valence-corrected chi connectivity index (χ1v) is 8.58. The van der Waals surface area contributed by atoms with Gasteiger partial charge in [0, 0.05) is 13.6 Å². The van der Waals surface area contributed by atoms with E-state index < -0.39 is 0 Å². The Balaban J connectivity index is 1.81. The van der Waals surface area contributed by atoms with Gasteiger partial charge in [-0.05, 0) is 24.0 Å². The van der Waals surface area contributed by atoms with Crippen LogP contribution in [-0.4, -0.2) is 22.0 Å². The first-order valence-electron chi connectivity index (χ1n) is 7.77. The van der Waals surface area contributed by atoms with Crippen LogP contribution in [0.15, 0.2) is 41.5 Å². The number of thiophene rings is 1. The molecule has 5 nitrogen and oxygen atoms in total. The number of fused-ring (bicyclic) bond motifs is 1. The predicted molar refractivity (Wildman–Crippen MR) is 96.8 cm³/mol. The smallest absolute Gasteiger partial charge is 0.262 e. The van der Waals surface area contributed by atoms with E-state index in [1.807, 2.05) is 18.2 Å². The van der Waals surface area contributed by atoms with Gasteiger partial charge in [-0.25, -0.2) is 4.98 Å². The summed E-state index contributed by atoms with van der Waals surface area (Å²) in [5.74, 6) is 0.0659. The van der Waals surface area contributed by atoms with E-state index in [2.05, 4.69) is 29.4 Å². The molecule has 1 atom stereocenters. The molecule has 0 unspecified atom stereocenters. The minimum atomic E-state index is -0.152. The van der Waals surface area contributed by atoms with Crippen LogP contribution >= 0.6 is 11.3 Å². The van der Waals surface area contributed by atoms with Crippen molar-refractivity contribution in [3.8, 4) is 0 Å². The molecule has 0 aliphatic carbocycles. The van der Waals surface area contributed by atoms with Gasteiger partial charge in [0.05, 0.1) is 16.6 Å². The van der Waals surface area contributed by atoms with Crippen molar-refractivity contribution in [1.29, 1.82) is 0 Å². The number of carbonyl (C=O) groups is 1. The number of nitrogens with zero attached hydrogens (tertiary/aromatic N) is 2. The third-order valence-corrected chi connectivity index (χ3v) is 5.35. The summed E-state index contributed by atoms with van der Waals surface area (Å²) >= 11 is 1.27. The van der Waals surface area contributed by atoms with Gasteiger partial charge < -0.3 is 9.88 Å². The number of aryl methyl sites for hydroxylation is 2. The number of benzene rings is 1. The molecule has 3 rings (SSSR count). The maximum Gasteiger partial charge on any atom is 0.262 e. The van der Waals surface area contributed by atoms with E-state index in [-0.39, 0.29) is 17.4 Å². The fraction of sp³-hybridized carbons (Fsp3) is 0.278. The van der Waals surface area contributed by atoms with Crippen molar-refractivity contribution in [3.05, 3.63) is 63.0 Å². The number of carbonyl (C=O) groups excluding carboxylic acids is 1. The summed E-state index contributed by atoms with van der Waals surface area (Å²) in [4.78, 5) is 30.2. The fourth-order valence-corrected chi connectivity index (χ4v) is 3.71. The van der Waals surface area contributed by atoms with E-state index in [1.165, 1.54) is 27.8 Å². The molecule has 0 saturated heterocycles. The molecule has 1 N–H and O–H groups in total. The molecule has 2 heterocycles. The number of amides is 1. The van der Waals surface area contributed by atoms with E-state index in [1.54, 1.807) is 14.0 Å². The average molecular weight is 341 g/mol. The van der Waals surface area contributed by atoms with Crippen molar-refractivity contribution < 1.29 is 4.79 Å². The first-order chi connectivity index (χ1) is 11.5. The molecular formula is C18H19N3O2S. The average Bonchev–Trinajstić information content (AvgIpc) is 2.94. The summed E-state index contributed by atoms with van der Waals surface area (Å²) in [5.41, 5.74) is 1.76. The zero-order valence-corrected chi connectivity index (χ0v) is 14.7. The van der Waals surface area contributed by atoms with Gasteiger partial charge >= 0.3 is 0 Å². The van der Waals surface area contributed by atoms with Crippen molar-refractivity contribution >= 4 is 27.5 Å². The molecular weight excluding hydrogens is 322 g/mol. The van der Waals surface area contributed by atoms with E-state index in [9.17, 15) is 9.59 Å². The Morgan fingerprint density at radius 1 is 1.33 bits per heavy atom. The zero-order valence-electron chi connectivity index (χ0n) is 13.9. The lowest BCUT2D eigenvalue weighted by Crippen LogP contribution is -2.27. The summed E-state index contributed by atoms with van der Waals surface area (Å²) in [7, 11) is 1.66. The number of hydrogen-bond donors (Lipinski definition) is 1. The molecule has 0 aliphatic rings. The van der Waals surface area contributed by atoms with E-state index in [4.69, 9.17) is 0 Å². The Labute approximate surface area is 144 Å². The van der Waals surface area contributed by atoms with Crippen molar-refractivity contribution in [3.63, 3.8) is 0 Å². The summed E-state index contributed by atoms with van der Waals surface area (Å²) in [6.45, 7) is 4.42. The lowest BCUT2D eigenvalue weighted by atomic mass is 10.0. The third kappa shape index (κ3) is 2.97. The molecule has 3 aromatic rings. The zero-order chi connectivity index (χ0) is 17.3. The Bertz CT molecular complexity index is 944. The first kappa shape index (κ1) is 16.4. The molecule has 0 radical (unpaired) electrons. The van der Waals surface area contributed by atoms with Crippen LogP contribution in [0.4, 0.5) is 0 Å². The highest BCUT2D eigenvalue weighted by molar-refractivity contribution is 7.20.